The van der Waals surface area contributed by atoms with E-state index < -0.39 is 5.60 Å². The molecule has 0 aliphatic carbocycles. The Morgan fingerprint density at radius 2 is 2.00 bits per heavy atom. The van der Waals surface area contributed by atoms with Crippen LogP contribution in [0.2, 0.25) is 0 Å². The summed E-state index contributed by atoms with van der Waals surface area (Å²) in [5, 5.41) is 13.5. The monoisotopic (exact) mass is 243 g/mol. The Balaban J connectivity index is 2.16. The van der Waals surface area contributed by atoms with Crippen LogP contribution in [-0.4, -0.2) is 37.0 Å². The highest BCUT2D eigenvalue weighted by atomic mass is 16.5. The van der Waals surface area contributed by atoms with Crippen LogP contribution in [0.15, 0.2) is 0 Å². The summed E-state index contributed by atoms with van der Waals surface area (Å²) in [7, 11) is 0. The summed E-state index contributed by atoms with van der Waals surface area (Å²) in [6.45, 7) is 7.59. The number of hydrogen-bond acceptors (Lipinski definition) is 3. The van der Waals surface area contributed by atoms with Crippen molar-refractivity contribution in [1.82, 2.24) is 5.32 Å². The van der Waals surface area contributed by atoms with Crippen molar-refractivity contribution in [2.75, 3.05) is 26.3 Å². The fourth-order valence-corrected chi connectivity index (χ4v) is 2.35. The lowest BCUT2D eigenvalue weighted by molar-refractivity contribution is -0.0712. The highest BCUT2D eigenvalue weighted by Gasteiger charge is 2.29. The lowest BCUT2D eigenvalue weighted by atomic mass is 9.93. The van der Waals surface area contributed by atoms with Crippen LogP contribution < -0.4 is 5.32 Å². The molecule has 1 aliphatic heterocycles. The summed E-state index contributed by atoms with van der Waals surface area (Å²) < 4.78 is 5.75. The molecule has 1 atom stereocenters. The van der Waals surface area contributed by atoms with Gasteiger partial charge in [0.1, 0.15) is 0 Å². The zero-order valence-electron chi connectivity index (χ0n) is 11.5. The van der Waals surface area contributed by atoms with E-state index in [2.05, 4.69) is 19.2 Å². The summed E-state index contributed by atoms with van der Waals surface area (Å²) in [5.41, 5.74) is -0.575. The Morgan fingerprint density at radius 1 is 1.29 bits per heavy atom. The SMILES string of the molecule is CCCCC(CC)COCC1(O)CCNCC1. The van der Waals surface area contributed by atoms with Crippen molar-refractivity contribution in [1.29, 1.82) is 0 Å². The highest BCUT2D eigenvalue weighted by Crippen LogP contribution is 2.19. The molecule has 0 aromatic carbocycles. The molecule has 17 heavy (non-hydrogen) atoms. The van der Waals surface area contributed by atoms with E-state index in [0.29, 0.717) is 12.5 Å². The van der Waals surface area contributed by atoms with Gasteiger partial charge in [-0.2, -0.15) is 0 Å². The van der Waals surface area contributed by atoms with Gasteiger partial charge in [-0.3, -0.25) is 0 Å². The topological polar surface area (TPSA) is 41.5 Å². The molecule has 0 saturated carbocycles. The largest absolute Gasteiger partial charge is 0.387 e. The standard InChI is InChI=1S/C14H29NO2/c1-3-5-6-13(4-2)11-17-12-14(16)7-9-15-10-8-14/h13,15-16H,3-12H2,1-2H3. The molecule has 2 N–H and O–H groups in total. The molecule has 0 aromatic rings. The van der Waals surface area contributed by atoms with Crippen LogP contribution in [0.5, 0.6) is 0 Å². The zero-order chi connectivity index (χ0) is 12.6. The molecular weight excluding hydrogens is 214 g/mol. The first-order chi connectivity index (χ1) is 8.20. The fraction of sp³-hybridized carbons (Fsp3) is 1.00. The second kappa shape index (κ2) is 8.06. The number of ether oxygens (including phenoxy) is 1. The van der Waals surface area contributed by atoms with Gasteiger partial charge in [0, 0.05) is 6.61 Å². The van der Waals surface area contributed by atoms with Gasteiger partial charge in [-0.15, -0.1) is 0 Å². The molecule has 0 aromatic heterocycles. The molecule has 1 heterocycles. The van der Waals surface area contributed by atoms with Crippen molar-refractivity contribution < 1.29 is 9.84 Å². The molecule has 0 spiro atoms. The van der Waals surface area contributed by atoms with Crippen molar-refractivity contribution in [2.45, 2.75) is 58.0 Å². The zero-order valence-corrected chi connectivity index (χ0v) is 11.5. The molecule has 1 unspecified atom stereocenters. The van der Waals surface area contributed by atoms with E-state index in [1.807, 2.05) is 0 Å². The minimum Gasteiger partial charge on any atom is -0.387 e. The van der Waals surface area contributed by atoms with Crippen LogP contribution in [0, 0.1) is 5.92 Å². The molecule has 1 aliphatic rings. The summed E-state index contributed by atoms with van der Waals surface area (Å²) in [5.74, 6) is 0.667. The van der Waals surface area contributed by atoms with E-state index >= 15 is 0 Å². The molecule has 3 nitrogen and oxygen atoms in total. The normalized spacial score (nSPS) is 21.4. The molecule has 0 bridgehead atoms. The number of hydrogen-bond donors (Lipinski definition) is 2. The third kappa shape index (κ3) is 5.84. The summed E-state index contributed by atoms with van der Waals surface area (Å²) >= 11 is 0. The Bertz CT molecular complexity index is 191. The van der Waals surface area contributed by atoms with Crippen molar-refractivity contribution >= 4 is 0 Å². The molecule has 1 rings (SSSR count). The van der Waals surface area contributed by atoms with Crippen LogP contribution in [0.1, 0.15) is 52.4 Å². The Hall–Kier alpha value is -0.120. The van der Waals surface area contributed by atoms with E-state index in [1.165, 1.54) is 25.7 Å². The lowest BCUT2D eigenvalue weighted by Gasteiger charge is -2.32. The minimum absolute atomic E-state index is 0.511. The van der Waals surface area contributed by atoms with E-state index in [1.54, 1.807) is 0 Å². The van der Waals surface area contributed by atoms with Gasteiger partial charge in [-0.05, 0) is 38.3 Å². The van der Waals surface area contributed by atoms with Gasteiger partial charge in [0.15, 0.2) is 0 Å². The van der Waals surface area contributed by atoms with E-state index in [9.17, 15) is 5.11 Å². The maximum atomic E-state index is 10.3. The molecule has 1 saturated heterocycles. The number of nitrogens with one attached hydrogen (secondary N) is 1. The third-order valence-corrected chi connectivity index (χ3v) is 3.80. The Labute approximate surface area is 106 Å². The van der Waals surface area contributed by atoms with Crippen molar-refractivity contribution in [3.8, 4) is 0 Å². The molecule has 3 heteroatoms. The van der Waals surface area contributed by atoms with Crippen molar-refractivity contribution in [2.24, 2.45) is 5.92 Å². The van der Waals surface area contributed by atoms with Gasteiger partial charge < -0.3 is 15.2 Å². The smallest absolute Gasteiger partial charge is 0.0904 e. The first-order valence-corrected chi connectivity index (χ1v) is 7.21. The first-order valence-electron chi connectivity index (χ1n) is 7.21. The second-order valence-corrected chi connectivity index (χ2v) is 5.41. The van der Waals surface area contributed by atoms with Gasteiger partial charge in [0.25, 0.3) is 0 Å². The van der Waals surface area contributed by atoms with Crippen LogP contribution >= 0.6 is 0 Å². The van der Waals surface area contributed by atoms with Crippen molar-refractivity contribution in [3.05, 3.63) is 0 Å². The first kappa shape index (κ1) is 14.9. The molecular formula is C14H29NO2. The van der Waals surface area contributed by atoms with Gasteiger partial charge in [0.05, 0.1) is 12.2 Å². The van der Waals surface area contributed by atoms with Gasteiger partial charge in [-0.25, -0.2) is 0 Å². The van der Waals surface area contributed by atoms with Gasteiger partial charge in [0.2, 0.25) is 0 Å². The van der Waals surface area contributed by atoms with E-state index in [-0.39, 0.29) is 0 Å². The fourth-order valence-electron chi connectivity index (χ4n) is 2.35. The maximum Gasteiger partial charge on any atom is 0.0904 e. The number of rotatable bonds is 8. The Kier molecular flexibility index (Phi) is 7.09. The van der Waals surface area contributed by atoms with E-state index in [4.69, 9.17) is 4.74 Å². The van der Waals surface area contributed by atoms with Crippen molar-refractivity contribution in [3.63, 3.8) is 0 Å². The number of unbranched alkanes of at least 4 members (excludes halogenated alkanes) is 1. The average Bonchev–Trinajstić information content (AvgIpc) is 2.34. The average molecular weight is 243 g/mol. The van der Waals surface area contributed by atoms with E-state index in [0.717, 1.165) is 32.5 Å². The minimum atomic E-state index is -0.575. The molecule has 0 radical (unpaired) electrons. The van der Waals surface area contributed by atoms with Crippen LogP contribution in [-0.2, 0) is 4.74 Å². The molecule has 1 fully saturated rings. The summed E-state index contributed by atoms with van der Waals surface area (Å²) in [4.78, 5) is 0. The maximum absolute atomic E-state index is 10.3. The van der Waals surface area contributed by atoms with Crippen LogP contribution in [0.3, 0.4) is 0 Å². The van der Waals surface area contributed by atoms with Crippen LogP contribution in [0.25, 0.3) is 0 Å². The summed E-state index contributed by atoms with van der Waals surface area (Å²) in [6, 6.07) is 0. The predicted molar refractivity (Wildman–Crippen MR) is 71.2 cm³/mol. The predicted octanol–water partition coefficient (Wildman–Crippen LogP) is 2.33. The van der Waals surface area contributed by atoms with Gasteiger partial charge in [-0.1, -0.05) is 33.1 Å². The molecule has 0 amide bonds. The summed E-state index contributed by atoms with van der Waals surface area (Å²) in [6.07, 6.45) is 6.62. The van der Waals surface area contributed by atoms with Crippen LogP contribution in [0.4, 0.5) is 0 Å². The second-order valence-electron chi connectivity index (χ2n) is 5.41. The third-order valence-electron chi connectivity index (χ3n) is 3.80. The highest BCUT2D eigenvalue weighted by molar-refractivity contribution is 4.83. The Morgan fingerprint density at radius 3 is 2.59 bits per heavy atom. The lowest BCUT2D eigenvalue weighted by Crippen LogP contribution is -2.45. The quantitative estimate of drug-likeness (QED) is 0.687. The van der Waals surface area contributed by atoms with Gasteiger partial charge >= 0.3 is 0 Å². The number of aliphatic hydroxyl groups is 1. The number of piperidine rings is 1. The molecule has 102 valence electrons.